The summed E-state index contributed by atoms with van der Waals surface area (Å²) in [6.07, 6.45) is 8.08. The fourth-order valence-corrected chi connectivity index (χ4v) is 6.27. The molecule has 8 nitrogen and oxygen atoms in total. The first-order valence-corrected chi connectivity index (χ1v) is 15.3. The highest BCUT2D eigenvalue weighted by atomic mass is 19.3. The molecule has 10 heteroatoms. The molecule has 4 heterocycles. The van der Waals surface area contributed by atoms with E-state index in [-0.39, 0.29) is 11.1 Å². The van der Waals surface area contributed by atoms with Crippen molar-refractivity contribution in [2.24, 2.45) is 5.92 Å². The number of halogens is 2. The van der Waals surface area contributed by atoms with E-state index in [1.807, 2.05) is 12.1 Å². The Kier molecular flexibility index (Phi) is 9.83. The monoisotopic (exact) mass is 590 g/mol. The number of piperidine rings is 1. The van der Waals surface area contributed by atoms with Gasteiger partial charge in [-0.2, -0.15) is 5.26 Å². The topological polar surface area (TPSA) is 105 Å². The lowest BCUT2D eigenvalue weighted by atomic mass is 9.75. The number of fused-ring (bicyclic) bond motifs is 1. The van der Waals surface area contributed by atoms with Gasteiger partial charge in [0.25, 0.3) is 11.5 Å². The highest BCUT2D eigenvalue weighted by Gasteiger charge is 2.41. The Labute approximate surface area is 251 Å². The third kappa shape index (κ3) is 6.63. The maximum atomic E-state index is 15.3. The lowest BCUT2D eigenvalue weighted by Gasteiger charge is -2.31. The molecular formula is C33H40F2N6O2. The van der Waals surface area contributed by atoms with Crippen molar-refractivity contribution in [3.05, 3.63) is 76.4 Å². The quantitative estimate of drug-likeness (QED) is 0.213. The van der Waals surface area contributed by atoms with E-state index in [4.69, 9.17) is 4.74 Å². The van der Waals surface area contributed by atoms with Crippen molar-refractivity contribution in [3.8, 4) is 6.07 Å². The van der Waals surface area contributed by atoms with Crippen LogP contribution in [0.15, 0.2) is 54.1 Å². The van der Waals surface area contributed by atoms with Gasteiger partial charge in [0.1, 0.15) is 17.8 Å². The number of rotatable bonds is 12. The van der Waals surface area contributed by atoms with Crippen molar-refractivity contribution in [2.75, 3.05) is 38.2 Å². The van der Waals surface area contributed by atoms with E-state index < -0.39 is 17.3 Å². The molecule has 2 fully saturated rings. The van der Waals surface area contributed by atoms with Crippen molar-refractivity contribution >= 4 is 16.9 Å². The van der Waals surface area contributed by atoms with Crippen LogP contribution < -0.4 is 16.2 Å². The highest BCUT2D eigenvalue weighted by Crippen LogP contribution is 2.41. The third-order valence-corrected chi connectivity index (χ3v) is 8.87. The Morgan fingerprint density at radius 1 is 1.21 bits per heavy atom. The molecular weight excluding hydrogens is 550 g/mol. The van der Waals surface area contributed by atoms with E-state index >= 15 is 8.78 Å². The summed E-state index contributed by atoms with van der Waals surface area (Å²) >= 11 is 0. The van der Waals surface area contributed by atoms with Crippen LogP contribution in [0.1, 0.15) is 61.6 Å². The number of alkyl halides is 2. The molecule has 0 radical (unpaired) electrons. The fourth-order valence-electron chi connectivity index (χ4n) is 6.27. The van der Waals surface area contributed by atoms with E-state index in [9.17, 15) is 10.1 Å². The number of benzene rings is 1. The Morgan fingerprint density at radius 3 is 2.74 bits per heavy atom. The van der Waals surface area contributed by atoms with E-state index in [0.29, 0.717) is 93.9 Å². The SMILES string of the molecule is C=CCCCCn1c(=O)c(C2(C#N)CCOCC2)cc2c(NCCc3cccc(C(F)(F)C4CCNCC4)c3)ncnc21. The summed E-state index contributed by atoms with van der Waals surface area (Å²) in [5.41, 5.74) is 0.675. The summed E-state index contributed by atoms with van der Waals surface area (Å²) in [6.45, 7) is 6.75. The predicted octanol–water partition coefficient (Wildman–Crippen LogP) is 5.47. The molecule has 0 unspecified atom stereocenters. The lowest BCUT2D eigenvalue weighted by Crippen LogP contribution is -2.39. The smallest absolute Gasteiger partial charge is 0.276 e. The first kappa shape index (κ1) is 30.8. The Bertz CT molecular complexity index is 1520. The van der Waals surface area contributed by atoms with Crippen molar-refractivity contribution in [1.29, 1.82) is 5.26 Å². The largest absolute Gasteiger partial charge is 0.381 e. The second kappa shape index (κ2) is 13.7. The number of aryl methyl sites for hydroxylation is 1. The van der Waals surface area contributed by atoms with Gasteiger partial charge in [0.05, 0.1) is 16.9 Å². The molecule has 1 aromatic carbocycles. The van der Waals surface area contributed by atoms with Crippen LogP contribution in [0.2, 0.25) is 0 Å². The van der Waals surface area contributed by atoms with Crippen LogP contribution in [0.25, 0.3) is 11.0 Å². The Hall–Kier alpha value is -3.68. The minimum atomic E-state index is -2.87. The van der Waals surface area contributed by atoms with Gasteiger partial charge in [-0.15, -0.1) is 6.58 Å². The number of allylic oxidation sites excluding steroid dienone is 1. The summed E-state index contributed by atoms with van der Waals surface area (Å²) in [5, 5.41) is 17.4. The minimum Gasteiger partial charge on any atom is -0.381 e. The van der Waals surface area contributed by atoms with Gasteiger partial charge < -0.3 is 15.4 Å². The number of nitrogens with zero attached hydrogens (tertiary/aromatic N) is 4. The van der Waals surface area contributed by atoms with Crippen LogP contribution in [-0.2, 0) is 29.0 Å². The zero-order valence-corrected chi connectivity index (χ0v) is 24.6. The number of aromatic nitrogens is 3. The zero-order chi connectivity index (χ0) is 30.3. The normalized spacial score (nSPS) is 17.4. The highest BCUT2D eigenvalue weighted by molar-refractivity contribution is 5.87. The van der Waals surface area contributed by atoms with Gasteiger partial charge >= 0.3 is 0 Å². The van der Waals surface area contributed by atoms with Crippen LogP contribution in [0.5, 0.6) is 0 Å². The lowest BCUT2D eigenvalue weighted by molar-refractivity contribution is -0.0754. The molecule has 0 atom stereocenters. The molecule has 0 saturated carbocycles. The van der Waals surface area contributed by atoms with Gasteiger partial charge in [0.2, 0.25) is 0 Å². The first-order valence-electron chi connectivity index (χ1n) is 15.3. The molecule has 0 bridgehead atoms. The maximum absolute atomic E-state index is 15.3. The molecule has 2 aliphatic heterocycles. The molecule has 0 amide bonds. The molecule has 2 saturated heterocycles. The van der Waals surface area contributed by atoms with E-state index in [1.54, 1.807) is 22.8 Å². The zero-order valence-electron chi connectivity index (χ0n) is 24.6. The molecule has 5 rings (SSSR count). The number of unbranched alkanes of at least 4 members (excludes halogenated alkanes) is 2. The standard InChI is InChI=1S/C33H40F2N6O2/c1-2-3-4-5-17-41-30-27(21-28(31(41)42)32(22-36)12-18-43-19-13-32)29(39-23-40-30)38-16-9-24-7-6-8-26(20-24)33(34,35)25-10-14-37-15-11-25/h2,6-8,20-21,23,25,37H,1,3-5,9-19H2,(H,38,39,40). The Morgan fingerprint density at radius 2 is 2.00 bits per heavy atom. The fraction of sp³-hybridized carbons (Fsp3) is 0.515. The molecule has 2 N–H and O–H groups in total. The molecule has 0 spiro atoms. The third-order valence-electron chi connectivity index (χ3n) is 8.87. The number of hydrogen-bond donors (Lipinski definition) is 2. The summed E-state index contributed by atoms with van der Waals surface area (Å²) in [7, 11) is 0. The molecule has 43 heavy (non-hydrogen) atoms. The summed E-state index contributed by atoms with van der Waals surface area (Å²) in [5.74, 6) is -2.99. The van der Waals surface area contributed by atoms with Crippen molar-refractivity contribution in [2.45, 2.75) is 69.2 Å². The number of pyridine rings is 1. The molecule has 2 aliphatic rings. The van der Waals surface area contributed by atoms with Gasteiger partial charge in [0, 0.05) is 43.3 Å². The van der Waals surface area contributed by atoms with Gasteiger partial charge in [-0.3, -0.25) is 9.36 Å². The first-order chi connectivity index (χ1) is 20.9. The molecule has 2 aromatic heterocycles. The molecule has 0 aliphatic carbocycles. The number of anilines is 1. The second-order valence-corrected chi connectivity index (χ2v) is 11.6. The minimum absolute atomic E-state index is 0.0627. The molecule has 3 aromatic rings. The van der Waals surface area contributed by atoms with Crippen LogP contribution in [0, 0.1) is 17.2 Å². The predicted molar refractivity (Wildman–Crippen MR) is 163 cm³/mol. The van der Waals surface area contributed by atoms with Crippen LogP contribution in [0.3, 0.4) is 0 Å². The van der Waals surface area contributed by atoms with Crippen LogP contribution >= 0.6 is 0 Å². The summed E-state index contributed by atoms with van der Waals surface area (Å²) in [6, 6.07) is 10.9. The number of nitriles is 1. The number of ether oxygens (including phenoxy) is 1. The number of nitrogens with one attached hydrogen (secondary N) is 2. The van der Waals surface area contributed by atoms with Crippen LogP contribution in [0.4, 0.5) is 14.6 Å². The van der Waals surface area contributed by atoms with Gasteiger partial charge in [0.15, 0.2) is 0 Å². The van der Waals surface area contributed by atoms with E-state index in [2.05, 4.69) is 33.2 Å². The van der Waals surface area contributed by atoms with Crippen molar-refractivity contribution in [1.82, 2.24) is 19.9 Å². The van der Waals surface area contributed by atoms with Crippen LogP contribution in [-0.4, -0.2) is 47.4 Å². The average Bonchev–Trinajstić information content (AvgIpc) is 3.04. The maximum Gasteiger partial charge on any atom is 0.276 e. The van der Waals surface area contributed by atoms with Gasteiger partial charge in [-0.05, 0) is 82.2 Å². The Balaban J connectivity index is 1.41. The van der Waals surface area contributed by atoms with Gasteiger partial charge in [-0.1, -0.05) is 24.3 Å². The van der Waals surface area contributed by atoms with Crippen molar-refractivity contribution < 1.29 is 13.5 Å². The van der Waals surface area contributed by atoms with E-state index in [0.717, 1.165) is 24.8 Å². The second-order valence-electron chi connectivity index (χ2n) is 11.6. The molecule has 228 valence electrons. The number of hydrogen-bond acceptors (Lipinski definition) is 7. The van der Waals surface area contributed by atoms with Crippen molar-refractivity contribution in [3.63, 3.8) is 0 Å². The summed E-state index contributed by atoms with van der Waals surface area (Å²) < 4.78 is 37.8. The summed E-state index contributed by atoms with van der Waals surface area (Å²) in [4.78, 5) is 22.8. The van der Waals surface area contributed by atoms with E-state index in [1.165, 1.54) is 12.4 Å². The van der Waals surface area contributed by atoms with Gasteiger partial charge in [-0.25, -0.2) is 18.7 Å². The average molecular weight is 591 g/mol.